The molecule has 138 valence electrons. The van der Waals surface area contributed by atoms with Crippen molar-refractivity contribution in [3.8, 4) is 11.3 Å². The van der Waals surface area contributed by atoms with E-state index in [2.05, 4.69) is 10.6 Å². The molecule has 0 spiro atoms. The number of carbonyl (C=O) groups is 1. The summed E-state index contributed by atoms with van der Waals surface area (Å²) in [7, 11) is 0. The molecule has 0 saturated carbocycles. The fourth-order valence-electron chi connectivity index (χ4n) is 2.43. The van der Waals surface area contributed by atoms with Crippen LogP contribution in [0.25, 0.3) is 11.3 Å². The molecule has 3 N–H and O–H groups in total. The second kappa shape index (κ2) is 8.35. The van der Waals surface area contributed by atoms with Gasteiger partial charge in [-0.15, -0.1) is 0 Å². The molecular formula is C20H17ClN2O3S. The lowest BCUT2D eigenvalue weighted by Gasteiger charge is -2.12. The molecule has 27 heavy (non-hydrogen) atoms. The Morgan fingerprint density at radius 1 is 1.15 bits per heavy atom. The molecule has 1 amide bonds. The van der Waals surface area contributed by atoms with Gasteiger partial charge in [-0.05, 0) is 61.6 Å². The van der Waals surface area contributed by atoms with Gasteiger partial charge in [0.05, 0.1) is 10.7 Å². The molecule has 5 nitrogen and oxygen atoms in total. The third-order valence-electron chi connectivity index (χ3n) is 3.86. The van der Waals surface area contributed by atoms with Crippen LogP contribution in [0.2, 0.25) is 5.02 Å². The highest BCUT2D eigenvalue weighted by atomic mass is 35.5. The predicted octanol–water partition coefficient (Wildman–Crippen LogP) is 4.53. The number of thiocarbonyl (C=S) groups is 1. The quantitative estimate of drug-likeness (QED) is 0.561. The third-order valence-corrected chi connectivity index (χ3v) is 4.39. The van der Waals surface area contributed by atoms with Gasteiger partial charge in [-0.25, -0.2) is 0 Å². The van der Waals surface area contributed by atoms with E-state index in [1.54, 1.807) is 42.5 Å². The van der Waals surface area contributed by atoms with Gasteiger partial charge in [0.2, 0.25) is 0 Å². The van der Waals surface area contributed by atoms with Crippen LogP contribution in [0.1, 0.15) is 21.7 Å². The minimum atomic E-state index is -0.307. The average molecular weight is 401 g/mol. The van der Waals surface area contributed by atoms with Crippen molar-refractivity contribution in [2.75, 3.05) is 5.32 Å². The lowest BCUT2D eigenvalue weighted by atomic mass is 10.1. The first kappa shape index (κ1) is 19.1. The number of rotatable bonds is 4. The molecule has 0 aliphatic carbocycles. The van der Waals surface area contributed by atoms with Gasteiger partial charge in [-0.3, -0.25) is 10.1 Å². The van der Waals surface area contributed by atoms with E-state index in [1.807, 2.05) is 19.1 Å². The summed E-state index contributed by atoms with van der Waals surface area (Å²) < 4.78 is 5.53. The van der Waals surface area contributed by atoms with Crippen LogP contribution in [-0.2, 0) is 6.61 Å². The predicted molar refractivity (Wildman–Crippen MR) is 110 cm³/mol. The molecule has 0 aliphatic heterocycles. The summed E-state index contributed by atoms with van der Waals surface area (Å²) in [6.45, 7) is 1.78. The standard InChI is InChI=1S/C20H17ClN2O3S/c1-12-2-4-13(5-3-12)19(25)23-20(27)22-17-10-14(6-8-16(17)21)18-9-7-15(11-24)26-18/h2-10,24H,11H2,1H3,(H2,22,23,25,27). The molecule has 0 saturated heterocycles. The second-order valence-electron chi connectivity index (χ2n) is 5.89. The van der Waals surface area contributed by atoms with E-state index in [4.69, 9.17) is 33.3 Å². The number of furan rings is 1. The maximum absolute atomic E-state index is 12.3. The first-order valence-electron chi connectivity index (χ1n) is 8.15. The minimum Gasteiger partial charge on any atom is -0.459 e. The molecule has 0 bridgehead atoms. The minimum absolute atomic E-state index is 0.134. The van der Waals surface area contributed by atoms with Gasteiger partial charge in [0, 0.05) is 11.1 Å². The number of halogens is 1. The number of amides is 1. The normalized spacial score (nSPS) is 10.5. The fourth-order valence-corrected chi connectivity index (χ4v) is 2.79. The van der Waals surface area contributed by atoms with Crippen LogP contribution >= 0.6 is 23.8 Å². The van der Waals surface area contributed by atoms with E-state index in [-0.39, 0.29) is 17.6 Å². The van der Waals surface area contributed by atoms with Crippen LogP contribution in [0, 0.1) is 6.92 Å². The SMILES string of the molecule is Cc1ccc(C(=O)NC(=S)Nc2cc(-c3ccc(CO)o3)ccc2Cl)cc1. The Bertz CT molecular complexity index is 983. The Labute approximate surface area is 167 Å². The van der Waals surface area contributed by atoms with Crippen molar-refractivity contribution in [1.82, 2.24) is 5.32 Å². The number of aliphatic hydroxyl groups excluding tert-OH is 1. The molecule has 0 aliphatic rings. The highest BCUT2D eigenvalue weighted by Gasteiger charge is 2.11. The van der Waals surface area contributed by atoms with Crippen molar-refractivity contribution in [2.24, 2.45) is 0 Å². The highest BCUT2D eigenvalue weighted by Crippen LogP contribution is 2.30. The number of aryl methyl sites for hydroxylation is 1. The van der Waals surface area contributed by atoms with E-state index in [9.17, 15) is 4.79 Å². The number of benzene rings is 2. The van der Waals surface area contributed by atoms with Crippen molar-refractivity contribution in [1.29, 1.82) is 0 Å². The molecule has 3 rings (SSSR count). The van der Waals surface area contributed by atoms with Crippen molar-refractivity contribution in [3.63, 3.8) is 0 Å². The van der Waals surface area contributed by atoms with Gasteiger partial charge in [-0.1, -0.05) is 29.3 Å². The van der Waals surface area contributed by atoms with Gasteiger partial charge >= 0.3 is 0 Å². The molecule has 7 heteroatoms. The topological polar surface area (TPSA) is 74.5 Å². The van der Waals surface area contributed by atoms with Gasteiger partial charge in [-0.2, -0.15) is 0 Å². The lowest BCUT2D eigenvalue weighted by Crippen LogP contribution is -2.34. The van der Waals surface area contributed by atoms with E-state index in [1.165, 1.54) is 0 Å². The Hall–Kier alpha value is -2.67. The largest absolute Gasteiger partial charge is 0.459 e. The van der Waals surface area contributed by atoms with E-state index < -0.39 is 0 Å². The smallest absolute Gasteiger partial charge is 0.257 e. The summed E-state index contributed by atoms with van der Waals surface area (Å²) in [5, 5.41) is 15.3. The third kappa shape index (κ3) is 4.74. The van der Waals surface area contributed by atoms with Crippen molar-refractivity contribution in [3.05, 3.63) is 76.5 Å². The molecule has 0 fully saturated rings. The first-order chi connectivity index (χ1) is 13.0. The average Bonchev–Trinajstić information content (AvgIpc) is 3.13. The Kier molecular flexibility index (Phi) is 5.91. The van der Waals surface area contributed by atoms with Crippen molar-refractivity contribution in [2.45, 2.75) is 13.5 Å². The summed E-state index contributed by atoms with van der Waals surface area (Å²) in [4.78, 5) is 12.3. The summed E-state index contributed by atoms with van der Waals surface area (Å²) in [5.74, 6) is 0.752. The molecule has 0 radical (unpaired) electrons. The van der Waals surface area contributed by atoms with E-state index >= 15 is 0 Å². The van der Waals surface area contributed by atoms with Gasteiger partial charge in [0.15, 0.2) is 5.11 Å². The van der Waals surface area contributed by atoms with Crippen LogP contribution in [0.3, 0.4) is 0 Å². The number of anilines is 1. The van der Waals surface area contributed by atoms with Crippen LogP contribution in [0.5, 0.6) is 0 Å². The zero-order valence-corrected chi connectivity index (χ0v) is 16.0. The Balaban J connectivity index is 1.72. The number of nitrogens with one attached hydrogen (secondary N) is 2. The number of aliphatic hydroxyl groups is 1. The number of hydrogen-bond acceptors (Lipinski definition) is 4. The number of carbonyl (C=O) groups excluding carboxylic acids is 1. The van der Waals surface area contributed by atoms with Crippen LogP contribution < -0.4 is 10.6 Å². The summed E-state index contributed by atoms with van der Waals surface area (Å²) in [6, 6.07) is 15.9. The zero-order chi connectivity index (χ0) is 19.4. The van der Waals surface area contributed by atoms with E-state index in [0.717, 1.165) is 11.1 Å². The summed E-state index contributed by atoms with van der Waals surface area (Å²) in [5.41, 5.74) is 2.87. The maximum Gasteiger partial charge on any atom is 0.257 e. The van der Waals surface area contributed by atoms with Crippen LogP contribution in [0.15, 0.2) is 59.0 Å². The zero-order valence-electron chi connectivity index (χ0n) is 14.5. The Morgan fingerprint density at radius 2 is 1.89 bits per heavy atom. The highest BCUT2D eigenvalue weighted by molar-refractivity contribution is 7.80. The molecule has 0 atom stereocenters. The second-order valence-corrected chi connectivity index (χ2v) is 6.71. The van der Waals surface area contributed by atoms with E-state index in [0.29, 0.717) is 27.8 Å². The molecule has 1 heterocycles. The van der Waals surface area contributed by atoms with Crippen molar-refractivity contribution < 1.29 is 14.3 Å². The monoisotopic (exact) mass is 400 g/mol. The first-order valence-corrected chi connectivity index (χ1v) is 8.93. The fraction of sp³-hybridized carbons (Fsp3) is 0.100. The Morgan fingerprint density at radius 3 is 2.56 bits per heavy atom. The molecule has 3 aromatic rings. The summed E-state index contributed by atoms with van der Waals surface area (Å²) >= 11 is 11.4. The molecular weight excluding hydrogens is 384 g/mol. The molecule has 1 aromatic heterocycles. The summed E-state index contributed by atoms with van der Waals surface area (Å²) in [6.07, 6.45) is 0. The van der Waals surface area contributed by atoms with Crippen LogP contribution in [0.4, 0.5) is 5.69 Å². The number of hydrogen-bond donors (Lipinski definition) is 3. The molecule has 2 aromatic carbocycles. The lowest BCUT2D eigenvalue weighted by molar-refractivity contribution is 0.0977. The van der Waals surface area contributed by atoms with Crippen molar-refractivity contribution >= 4 is 40.5 Å². The maximum atomic E-state index is 12.3. The van der Waals surface area contributed by atoms with Gasteiger partial charge in [0.1, 0.15) is 18.1 Å². The molecule has 0 unspecified atom stereocenters. The van der Waals surface area contributed by atoms with Gasteiger partial charge < -0.3 is 14.8 Å². The van der Waals surface area contributed by atoms with Crippen LogP contribution in [-0.4, -0.2) is 16.1 Å². The van der Waals surface area contributed by atoms with Gasteiger partial charge in [0.25, 0.3) is 5.91 Å².